The summed E-state index contributed by atoms with van der Waals surface area (Å²) in [5, 5.41) is 3.12. The highest BCUT2D eigenvalue weighted by Crippen LogP contribution is 2.31. The highest BCUT2D eigenvalue weighted by atomic mass is 32.1. The fraction of sp³-hybridized carbons (Fsp3) is 0.368. The molecule has 0 unspecified atom stereocenters. The van der Waals surface area contributed by atoms with E-state index in [1.54, 1.807) is 0 Å². The molecule has 0 saturated carbocycles. The number of nitrogens with zero attached hydrogens (tertiary/aromatic N) is 4. The van der Waals surface area contributed by atoms with Crippen molar-refractivity contribution in [2.24, 2.45) is 0 Å². The van der Waals surface area contributed by atoms with Crippen LogP contribution in [0.5, 0.6) is 0 Å². The Labute approximate surface area is 173 Å². The molecule has 7 nitrogen and oxygen atoms in total. The summed E-state index contributed by atoms with van der Waals surface area (Å²) in [5.74, 6) is -0.627. The smallest absolute Gasteiger partial charge is 0.348 e. The summed E-state index contributed by atoms with van der Waals surface area (Å²) in [6.45, 7) is 1.40. The predicted molar refractivity (Wildman–Crippen MR) is 108 cm³/mol. The van der Waals surface area contributed by atoms with Crippen molar-refractivity contribution in [2.75, 3.05) is 23.3 Å². The van der Waals surface area contributed by atoms with E-state index in [-0.39, 0.29) is 12.2 Å². The molecule has 30 heavy (non-hydrogen) atoms. The largest absolute Gasteiger partial charge is 0.416 e. The van der Waals surface area contributed by atoms with Crippen LogP contribution in [0.4, 0.5) is 24.0 Å². The molecule has 158 valence electrons. The Kier molecular flexibility index (Phi) is 5.46. The number of aromatic nitrogens is 3. The lowest BCUT2D eigenvalue weighted by Crippen LogP contribution is -2.29. The number of nitrogens with one attached hydrogen (secondary N) is 1. The van der Waals surface area contributed by atoms with Gasteiger partial charge in [-0.15, -0.1) is 0 Å². The van der Waals surface area contributed by atoms with Gasteiger partial charge < -0.3 is 10.2 Å². The normalized spacial score (nSPS) is 14.8. The number of amides is 1. The Bertz CT molecular complexity index is 1140. The number of hydrogen-bond donors (Lipinski definition) is 1. The van der Waals surface area contributed by atoms with Gasteiger partial charge in [0.15, 0.2) is 10.8 Å². The number of benzene rings is 1. The first-order chi connectivity index (χ1) is 14.3. The van der Waals surface area contributed by atoms with Gasteiger partial charge in [0.25, 0.3) is 5.56 Å². The number of hydrogen-bond acceptors (Lipinski definition) is 6. The number of piperidine rings is 1. The summed E-state index contributed by atoms with van der Waals surface area (Å²) < 4.78 is 39.9. The minimum absolute atomic E-state index is 0.00193. The molecule has 1 amide bonds. The van der Waals surface area contributed by atoms with Crippen molar-refractivity contribution in [1.29, 1.82) is 0 Å². The number of carbonyl (C=O) groups is 1. The number of fused-ring (bicyclic) bond motifs is 1. The van der Waals surface area contributed by atoms with Crippen LogP contribution in [0, 0.1) is 0 Å². The second-order valence-corrected chi connectivity index (χ2v) is 7.98. The number of alkyl halides is 3. The van der Waals surface area contributed by atoms with Crippen LogP contribution in [0.2, 0.25) is 0 Å². The molecule has 0 radical (unpaired) electrons. The summed E-state index contributed by atoms with van der Waals surface area (Å²) in [7, 11) is 0. The van der Waals surface area contributed by atoms with Crippen molar-refractivity contribution in [3.05, 3.63) is 46.5 Å². The van der Waals surface area contributed by atoms with E-state index in [9.17, 15) is 22.8 Å². The molecule has 4 rings (SSSR count). The standard InChI is InChI=1S/C19H18F3N5O2S/c20-19(21,22)12-5-4-6-13(9-12)24-14(28)10-27-11-23-16-15(17(27)29)30-18(25-16)26-7-2-1-3-8-26/h4-6,9,11H,1-3,7-8,10H2,(H,24,28). The molecular formula is C19H18F3N5O2S. The molecule has 3 heterocycles. The Morgan fingerprint density at radius 2 is 1.97 bits per heavy atom. The van der Waals surface area contributed by atoms with Gasteiger partial charge in [-0.3, -0.25) is 14.2 Å². The van der Waals surface area contributed by atoms with Gasteiger partial charge >= 0.3 is 6.18 Å². The average Bonchev–Trinajstić information content (AvgIpc) is 3.16. The van der Waals surface area contributed by atoms with E-state index in [2.05, 4.69) is 20.2 Å². The summed E-state index contributed by atoms with van der Waals surface area (Å²) in [5.41, 5.74) is -0.933. The summed E-state index contributed by atoms with van der Waals surface area (Å²) >= 11 is 1.24. The van der Waals surface area contributed by atoms with Crippen molar-refractivity contribution in [1.82, 2.24) is 14.5 Å². The highest BCUT2D eigenvalue weighted by Gasteiger charge is 2.30. The number of rotatable bonds is 4. The zero-order valence-corrected chi connectivity index (χ0v) is 16.6. The van der Waals surface area contributed by atoms with Crippen molar-refractivity contribution in [2.45, 2.75) is 32.0 Å². The molecule has 11 heteroatoms. The van der Waals surface area contributed by atoms with Crippen LogP contribution in [-0.2, 0) is 17.5 Å². The van der Waals surface area contributed by atoms with Gasteiger partial charge in [-0.2, -0.15) is 18.2 Å². The van der Waals surface area contributed by atoms with Crippen molar-refractivity contribution in [3.63, 3.8) is 0 Å². The first-order valence-corrected chi connectivity index (χ1v) is 10.2. The maximum absolute atomic E-state index is 12.8. The number of halogens is 3. The number of anilines is 2. The third-order valence-corrected chi connectivity index (χ3v) is 5.88. The van der Waals surface area contributed by atoms with E-state index < -0.39 is 23.2 Å². The fourth-order valence-electron chi connectivity index (χ4n) is 3.30. The van der Waals surface area contributed by atoms with Gasteiger partial charge in [-0.1, -0.05) is 17.4 Å². The maximum atomic E-state index is 12.8. The Morgan fingerprint density at radius 1 is 1.20 bits per heavy atom. The lowest BCUT2D eigenvalue weighted by atomic mass is 10.1. The SMILES string of the molecule is O=C(Cn1cnc2nc(N3CCCCC3)sc2c1=O)Nc1cccc(C(F)(F)F)c1. The van der Waals surface area contributed by atoms with Crippen molar-refractivity contribution in [3.8, 4) is 0 Å². The van der Waals surface area contributed by atoms with Crippen LogP contribution in [0.1, 0.15) is 24.8 Å². The third kappa shape index (κ3) is 4.30. The van der Waals surface area contributed by atoms with Crippen LogP contribution in [0.15, 0.2) is 35.4 Å². The first kappa shape index (κ1) is 20.3. The molecule has 0 atom stereocenters. The molecule has 0 spiro atoms. The summed E-state index contributed by atoms with van der Waals surface area (Å²) in [6.07, 6.45) is 0.0426. The quantitative estimate of drug-likeness (QED) is 0.676. The molecule has 1 aromatic carbocycles. The van der Waals surface area contributed by atoms with Gasteiger partial charge in [0.2, 0.25) is 5.91 Å². The van der Waals surface area contributed by atoms with Gasteiger partial charge in [0.05, 0.1) is 5.56 Å². The van der Waals surface area contributed by atoms with Crippen LogP contribution in [0.25, 0.3) is 10.3 Å². The molecular weight excluding hydrogens is 419 g/mol. The minimum Gasteiger partial charge on any atom is -0.348 e. The topological polar surface area (TPSA) is 80.1 Å². The van der Waals surface area contributed by atoms with E-state index in [1.165, 1.54) is 36.2 Å². The fourth-order valence-corrected chi connectivity index (χ4v) is 4.32. The van der Waals surface area contributed by atoms with Gasteiger partial charge in [0, 0.05) is 18.8 Å². The molecule has 0 aliphatic carbocycles. The summed E-state index contributed by atoms with van der Waals surface area (Å²) in [4.78, 5) is 35.8. The minimum atomic E-state index is -4.51. The van der Waals surface area contributed by atoms with E-state index in [0.29, 0.717) is 10.3 Å². The summed E-state index contributed by atoms with van der Waals surface area (Å²) in [6, 6.07) is 4.32. The molecule has 1 saturated heterocycles. The van der Waals surface area contributed by atoms with Gasteiger partial charge in [0.1, 0.15) is 17.6 Å². The average molecular weight is 437 g/mol. The van der Waals surface area contributed by atoms with Crippen LogP contribution in [0.3, 0.4) is 0 Å². The van der Waals surface area contributed by atoms with Crippen molar-refractivity contribution >= 4 is 38.4 Å². The zero-order valence-electron chi connectivity index (χ0n) is 15.8. The molecule has 1 N–H and O–H groups in total. The number of thiazole rings is 1. The highest BCUT2D eigenvalue weighted by molar-refractivity contribution is 7.22. The number of carbonyl (C=O) groups excluding carboxylic acids is 1. The van der Waals surface area contributed by atoms with E-state index >= 15 is 0 Å². The molecule has 0 bridgehead atoms. The molecule has 1 aliphatic rings. The van der Waals surface area contributed by atoms with Gasteiger partial charge in [-0.05, 0) is 37.5 Å². The van der Waals surface area contributed by atoms with E-state index in [4.69, 9.17) is 0 Å². The molecule has 2 aromatic heterocycles. The lowest BCUT2D eigenvalue weighted by molar-refractivity contribution is -0.137. The Hall–Kier alpha value is -2.95. The second-order valence-electron chi connectivity index (χ2n) is 7.00. The maximum Gasteiger partial charge on any atom is 0.416 e. The van der Waals surface area contributed by atoms with Gasteiger partial charge in [-0.25, -0.2) is 4.98 Å². The monoisotopic (exact) mass is 437 g/mol. The lowest BCUT2D eigenvalue weighted by Gasteiger charge is -2.25. The predicted octanol–water partition coefficient (Wildman–Crippen LogP) is 3.50. The zero-order chi connectivity index (χ0) is 21.3. The molecule has 1 fully saturated rings. The Morgan fingerprint density at radius 3 is 2.70 bits per heavy atom. The van der Waals surface area contributed by atoms with Crippen LogP contribution in [-0.4, -0.2) is 33.5 Å². The molecule has 3 aromatic rings. The van der Waals surface area contributed by atoms with Crippen molar-refractivity contribution < 1.29 is 18.0 Å². The van der Waals surface area contributed by atoms with E-state index in [1.807, 2.05) is 0 Å². The third-order valence-electron chi connectivity index (χ3n) is 4.79. The first-order valence-electron chi connectivity index (χ1n) is 9.39. The van der Waals surface area contributed by atoms with E-state index in [0.717, 1.165) is 47.8 Å². The van der Waals surface area contributed by atoms with Crippen LogP contribution < -0.4 is 15.8 Å². The molecule has 1 aliphatic heterocycles. The Balaban J connectivity index is 1.51. The second kappa shape index (κ2) is 8.05. The van der Waals surface area contributed by atoms with Crippen LogP contribution >= 0.6 is 11.3 Å².